The Balaban J connectivity index is 1.75. The maximum atomic E-state index is 11.6. The molecular weight excluding hydrogens is 364 g/mol. The molecule has 3 amide bonds. The quantitative estimate of drug-likeness (QED) is 0.731. The fourth-order valence-electron chi connectivity index (χ4n) is 3.37. The Kier molecular flexibility index (Phi) is 5.79. The van der Waals surface area contributed by atoms with E-state index >= 15 is 0 Å². The number of thiophene rings is 1. The smallest absolute Gasteiger partial charge is 0.317 e. The Labute approximate surface area is 162 Å². The van der Waals surface area contributed by atoms with Gasteiger partial charge in [0.25, 0.3) is 5.91 Å². The highest BCUT2D eigenvalue weighted by Crippen LogP contribution is 2.35. The largest absolute Gasteiger partial charge is 0.373 e. The molecule has 2 aromatic rings. The number of ether oxygens (including phenoxy) is 1. The van der Waals surface area contributed by atoms with Crippen LogP contribution in [0.3, 0.4) is 0 Å². The first-order valence-electron chi connectivity index (χ1n) is 8.79. The Morgan fingerprint density at radius 3 is 2.37 bits per heavy atom. The van der Waals surface area contributed by atoms with Gasteiger partial charge in [0.05, 0.1) is 17.8 Å². The van der Waals surface area contributed by atoms with Gasteiger partial charge in [-0.1, -0.05) is 24.3 Å². The lowest BCUT2D eigenvalue weighted by Gasteiger charge is -2.35. The average molecular weight is 388 g/mol. The van der Waals surface area contributed by atoms with Crippen LogP contribution in [0, 0.1) is 0 Å². The molecule has 0 aliphatic carbocycles. The van der Waals surface area contributed by atoms with Gasteiger partial charge in [-0.2, -0.15) is 0 Å². The Morgan fingerprint density at radius 2 is 1.81 bits per heavy atom. The van der Waals surface area contributed by atoms with E-state index in [9.17, 15) is 9.59 Å². The first kappa shape index (κ1) is 19.3. The van der Waals surface area contributed by atoms with Crippen molar-refractivity contribution in [1.82, 2.24) is 4.90 Å². The van der Waals surface area contributed by atoms with Gasteiger partial charge in [-0.3, -0.25) is 15.0 Å². The van der Waals surface area contributed by atoms with Crippen LogP contribution < -0.4 is 16.8 Å². The van der Waals surface area contributed by atoms with Crippen molar-refractivity contribution in [1.29, 1.82) is 0 Å². The van der Waals surface area contributed by atoms with Crippen LogP contribution in [0.1, 0.15) is 29.8 Å². The number of amides is 3. The molecule has 1 aromatic carbocycles. The molecule has 1 aromatic heterocycles. The van der Waals surface area contributed by atoms with Gasteiger partial charge in [0.2, 0.25) is 0 Å². The van der Waals surface area contributed by atoms with Crippen LogP contribution in [0.5, 0.6) is 0 Å². The van der Waals surface area contributed by atoms with Crippen LogP contribution in [0.4, 0.5) is 9.80 Å². The lowest BCUT2D eigenvalue weighted by Crippen LogP contribution is -2.44. The monoisotopic (exact) mass is 388 g/mol. The minimum atomic E-state index is -0.727. The number of benzene rings is 1. The number of rotatable bonds is 5. The SMILES string of the molecule is CC1CN(Cc2ccc(-c3cc(C(N)=O)c(NC(N)=O)s3)cc2)CC(C)O1. The summed E-state index contributed by atoms with van der Waals surface area (Å²) in [5.41, 5.74) is 13.0. The van der Waals surface area contributed by atoms with E-state index in [4.69, 9.17) is 16.2 Å². The number of hydrogen-bond donors (Lipinski definition) is 3. The number of nitrogens with zero attached hydrogens (tertiary/aromatic N) is 1. The predicted molar refractivity (Wildman–Crippen MR) is 107 cm³/mol. The second-order valence-electron chi connectivity index (χ2n) is 6.86. The Hall–Kier alpha value is -2.42. The molecular formula is C19H24N4O3S. The van der Waals surface area contributed by atoms with Crippen LogP contribution in [-0.4, -0.2) is 42.1 Å². The van der Waals surface area contributed by atoms with Gasteiger partial charge >= 0.3 is 6.03 Å². The number of hydrogen-bond acceptors (Lipinski definition) is 5. The zero-order chi connectivity index (χ0) is 19.6. The molecule has 0 bridgehead atoms. The second kappa shape index (κ2) is 8.08. The summed E-state index contributed by atoms with van der Waals surface area (Å²) in [5.74, 6) is -0.603. The summed E-state index contributed by atoms with van der Waals surface area (Å²) < 4.78 is 5.77. The van der Waals surface area contributed by atoms with Crippen molar-refractivity contribution in [2.75, 3.05) is 18.4 Å². The van der Waals surface area contributed by atoms with Crippen molar-refractivity contribution in [3.63, 3.8) is 0 Å². The van der Waals surface area contributed by atoms with Crippen molar-refractivity contribution >= 4 is 28.3 Å². The first-order valence-corrected chi connectivity index (χ1v) is 9.60. The van der Waals surface area contributed by atoms with Gasteiger partial charge in [0, 0.05) is 24.5 Å². The highest BCUT2D eigenvalue weighted by atomic mass is 32.1. The summed E-state index contributed by atoms with van der Waals surface area (Å²) in [6.07, 6.45) is 0.477. The third-order valence-electron chi connectivity index (χ3n) is 4.37. The van der Waals surface area contributed by atoms with Crippen molar-refractivity contribution in [3.05, 3.63) is 41.5 Å². The minimum absolute atomic E-state index is 0.238. The lowest BCUT2D eigenvalue weighted by atomic mass is 10.1. The molecule has 1 saturated heterocycles. The molecule has 0 radical (unpaired) electrons. The average Bonchev–Trinajstić information content (AvgIpc) is 2.98. The number of primary amides is 2. The third-order valence-corrected chi connectivity index (χ3v) is 5.47. The molecule has 7 nitrogen and oxygen atoms in total. The molecule has 144 valence electrons. The molecule has 5 N–H and O–H groups in total. The van der Waals surface area contributed by atoms with Crippen LogP contribution >= 0.6 is 11.3 Å². The molecule has 2 heterocycles. The Morgan fingerprint density at radius 1 is 1.19 bits per heavy atom. The number of nitrogens with two attached hydrogens (primary N) is 2. The number of morpholine rings is 1. The first-order chi connectivity index (χ1) is 12.8. The standard InChI is InChI=1S/C19H24N4O3S/c1-11-8-23(9-12(2)26-11)10-13-3-5-14(6-4-13)16-7-15(17(20)24)18(27-16)22-19(21)25/h3-7,11-12H,8-10H2,1-2H3,(H2,20,24)(H3,21,22,25). The van der Waals surface area contributed by atoms with Gasteiger partial charge in [-0.25, -0.2) is 4.79 Å². The summed E-state index contributed by atoms with van der Waals surface area (Å²) in [6.45, 7) is 6.89. The molecule has 0 spiro atoms. The number of nitrogens with one attached hydrogen (secondary N) is 1. The second-order valence-corrected chi connectivity index (χ2v) is 7.91. The van der Waals surface area contributed by atoms with Crippen LogP contribution in [0.2, 0.25) is 0 Å². The summed E-state index contributed by atoms with van der Waals surface area (Å²) >= 11 is 1.27. The number of anilines is 1. The van der Waals surface area contributed by atoms with Crippen LogP contribution in [0.25, 0.3) is 10.4 Å². The zero-order valence-electron chi connectivity index (χ0n) is 15.4. The number of carbonyl (C=O) groups is 2. The Bertz CT molecular complexity index is 824. The number of urea groups is 1. The molecule has 3 rings (SSSR count). The van der Waals surface area contributed by atoms with Crippen molar-refractivity contribution in [2.45, 2.75) is 32.6 Å². The maximum absolute atomic E-state index is 11.6. The van der Waals surface area contributed by atoms with Crippen LogP contribution in [0.15, 0.2) is 30.3 Å². The molecule has 8 heteroatoms. The van der Waals surface area contributed by atoms with Crippen molar-refractivity contribution in [3.8, 4) is 10.4 Å². The van der Waals surface area contributed by atoms with Crippen molar-refractivity contribution in [2.24, 2.45) is 11.5 Å². The molecule has 27 heavy (non-hydrogen) atoms. The molecule has 2 unspecified atom stereocenters. The van der Waals surface area contributed by atoms with Gasteiger partial charge in [-0.15, -0.1) is 11.3 Å². The highest BCUT2D eigenvalue weighted by Gasteiger charge is 2.22. The van der Waals surface area contributed by atoms with E-state index in [1.807, 2.05) is 12.1 Å². The topological polar surface area (TPSA) is 111 Å². The van der Waals surface area contributed by atoms with E-state index in [0.717, 1.165) is 30.1 Å². The molecule has 1 aliphatic rings. The van der Waals surface area contributed by atoms with E-state index in [1.54, 1.807) is 6.07 Å². The fourth-order valence-corrected chi connectivity index (χ4v) is 4.44. The summed E-state index contributed by atoms with van der Waals surface area (Å²) in [7, 11) is 0. The minimum Gasteiger partial charge on any atom is -0.373 e. The van der Waals surface area contributed by atoms with E-state index in [1.165, 1.54) is 16.9 Å². The van der Waals surface area contributed by atoms with Gasteiger partial charge in [0.1, 0.15) is 5.00 Å². The maximum Gasteiger partial charge on any atom is 0.317 e. The molecule has 1 fully saturated rings. The zero-order valence-corrected chi connectivity index (χ0v) is 16.2. The van der Waals surface area contributed by atoms with Gasteiger partial charge < -0.3 is 16.2 Å². The van der Waals surface area contributed by atoms with E-state index < -0.39 is 11.9 Å². The van der Waals surface area contributed by atoms with Crippen LogP contribution in [-0.2, 0) is 11.3 Å². The summed E-state index contributed by atoms with van der Waals surface area (Å²) in [4.78, 5) is 25.9. The highest BCUT2D eigenvalue weighted by molar-refractivity contribution is 7.20. The summed E-state index contributed by atoms with van der Waals surface area (Å²) in [5, 5.41) is 2.82. The predicted octanol–water partition coefficient (Wildman–Crippen LogP) is 2.61. The number of carbonyl (C=O) groups excluding carboxylic acids is 2. The molecule has 1 aliphatic heterocycles. The van der Waals surface area contributed by atoms with E-state index in [2.05, 4.69) is 36.2 Å². The van der Waals surface area contributed by atoms with Gasteiger partial charge in [0.15, 0.2) is 0 Å². The van der Waals surface area contributed by atoms with Crippen molar-refractivity contribution < 1.29 is 14.3 Å². The molecule has 2 atom stereocenters. The fraction of sp³-hybridized carbons (Fsp3) is 0.368. The summed E-state index contributed by atoms with van der Waals surface area (Å²) in [6, 6.07) is 9.12. The molecule has 0 saturated carbocycles. The van der Waals surface area contributed by atoms with Gasteiger partial charge in [-0.05, 0) is 31.0 Å². The lowest BCUT2D eigenvalue weighted by molar-refractivity contribution is -0.0704. The van der Waals surface area contributed by atoms with E-state index in [0.29, 0.717) is 5.00 Å². The van der Waals surface area contributed by atoms with E-state index in [-0.39, 0.29) is 17.8 Å². The normalized spacial score (nSPS) is 20.4. The third kappa shape index (κ3) is 4.85.